The van der Waals surface area contributed by atoms with Crippen LogP contribution in [0.25, 0.3) is 22.4 Å². The Hall–Kier alpha value is -3.10. The maximum absolute atomic E-state index is 14.7. The smallest absolute Gasteiger partial charge is 0.307 e. The van der Waals surface area contributed by atoms with E-state index in [4.69, 9.17) is 4.74 Å². The van der Waals surface area contributed by atoms with Gasteiger partial charge in [-0.2, -0.15) is 0 Å². The Kier molecular flexibility index (Phi) is 5.84. The summed E-state index contributed by atoms with van der Waals surface area (Å²) in [5.74, 6) is -1.21. The Morgan fingerprint density at radius 2 is 2.06 bits per heavy atom. The van der Waals surface area contributed by atoms with E-state index in [0.717, 1.165) is 38.1 Å². The second-order valence-electron chi connectivity index (χ2n) is 8.21. The van der Waals surface area contributed by atoms with Gasteiger partial charge in [0.1, 0.15) is 11.5 Å². The van der Waals surface area contributed by atoms with Crippen molar-refractivity contribution in [2.24, 2.45) is 5.41 Å². The molecular weight excluding hydrogens is 404 g/mol. The number of carbonyl (C=O) groups is 1. The normalized spacial score (nSPS) is 16.4. The Bertz CT molecular complexity index is 1090. The van der Waals surface area contributed by atoms with Gasteiger partial charge in [-0.3, -0.25) is 4.79 Å². The predicted octanol–water partition coefficient (Wildman–Crippen LogP) is 4.61. The zero-order valence-electron chi connectivity index (χ0n) is 17.5. The molecule has 0 saturated heterocycles. The first kappa shape index (κ1) is 21.1. The van der Waals surface area contributed by atoms with E-state index in [2.05, 4.69) is 32.2 Å². The topological polar surface area (TPSA) is 92.8 Å². The lowest BCUT2D eigenvalue weighted by atomic mass is 9.79. The van der Waals surface area contributed by atoms with Crippen molar-refractivity contribution in [2.75, 3.05) is 11.9 Å². The Balaban J connectivity index is 1.67. The molecule has 7 nitrogen and oxygen atoms in total. The van der Waals surface area contributed by atoms with Gasteiger partial charge in [0.05, 0.1) is 25.4 Å². The SMILES string of the molecule is CCOC(=O)CC(Nc1nc(-c2c[nH]c3ncc(F)cc23)ncc1F)C1(C)CCCC1. The van der Waals surface area contributed by atoms with Gasteiger partial charge in [0.15, 0.2) is 17.5 Å². The molecule has 4 rings (SSSR count). The number of fused-ring (bicyclic) bond motifs is 1. The highest BCUT2D eigenvalue weighted by atomic mass is 19.1. The lowest BCUT2D eigenvalue weighted by Gasteiger charge is -2.34. The number of halogens is 2. The fraction of sp³-hybridized carbons (Fsp3) is 0.455. The molecule has 1 aliphatic rings. The van der Waals surface area contributed by atoms with E-state index in [-0.39, 0.29) is 35.5 Å². The van der Waals surface area contributed by atoms with Crippen molar-refractivity contribution in [3.05, 3.63) is 36.3 Å². The molecule has 2 N–H and O–H groups in total. The molecule has 0 bridgehead atoms. The average Bonchev–Trinajstić information content (AvgIpc) is 3.36. The summed E-state index contributed by atoms with van der Waals surface area (Å²) in [6.07, 6.45) is 7.89. The summed E-state index contributed by atoms with van der Waals surface area (Å²) in [4.78, 5) is 27.6. The Labute approximate surface area is 178 Å². The number of hydrogen-bond acceptors (Lipinski definition) is 6. The summed E-state index contributed by atoms with van der Waals surface area (Å²) >= 11 is 0. The van der Waals surface area contributed by atoms with Gasteiger partial charge >= 0.3 is 5.97 Å². The molecule has 3 aromatic heterocycles. The van der Waals surface area contributed by atoms with E-state index in [1.54, 1.807) is 13.1 Å². The number of anilines is 1. The number of nitrogens with one attached hydrogen (secondary N) is 2. The molecule has 1 aliphatic carbocycles. The van der Waals surface area contributed by atoms with Crippen LogP contribution < -0.4 is 5.32 Å². The van der Waals surface area contributed by atoms with Gasteiger partial charge in [-0.15, -0.1) is 0 Å². The van der Waals surface area contributed by atoms with Gasteiger partial charge in [-0.25, -0.2) is 23.7 Å². The van der Waals surface area contributed by atoms with Gasteiger partial charge < -0.3 is 15.0 Å². The zero-order chi connectivity index (χ0) is 22.0. The first-order chi connectivity index (χ1) is 14.9. The predicted molar refractivity (Wildman–Crippen MR) is 112 cm³/mol. The van der Waals surface area contributed by atoms with Crippen LogP contribution in [-0.4, -0.2) is 38.6 Å². The van der Waals surface area contributed by atoms with E-state index < -0.39 is 11.6 Å². The highest BCUT2D eigenvalue weighted by molar-refractivity contribution is 5.91. The maximum atomic E-state index is 14.7. The molecule has 164 valence electrons. The lowest BCUT2D eigenvalue weighted by Crippen LogP contribution is -2.39. The minimum atomic E-state index is -0.622. The van der Waals surface area contributed by atoms with E-state index >= 15 is 0 Å². The maximum Gasteiger partial charge on any atom is 0.307 e. The van der Waals surface area contributed by atoms with Crippen molar-refractivity contribution < 1.29 is 18.3 Å². The second-order valence-corrected chi connectivity index (χ2v) is 8.21. The summed E-state index contributed by atoms with van der Waals surface area (Å²) < 4.78 is 33.5. The number of aromatic amines is 1. The van der Waals surface area contributed by atoms with E-state index in [1.165, 1.54) is 6.07 Å². The molecule has 0 aliphatic heterocycles. The highest BCUT2D eigenvalue weighted by Gasteiger charge is 2.39. The fourth-order valence-electron chi connectivity index (χ4n) is 4.32. The van der Waals surface area contributed by atoms with Crippen LogP contribution in [0.2, 0.25) is 0 Å². The number of nitrogens with zero attached hydrogens (tertiary/aromatic N) is 3. The summed E-state index contributed by atoms with van der Waals surface area (Å²) in [6.45, 7) is 4.15. The second kappa shape index (κ2) is 8.56. The van der Waals surface area contributed by atoms with Crippen molar-refractivity contribution in [1.29, 1.82) is 0 Å². The molecule has 3 heterocycles. The third-order valence-electron chi connectivity index (χ3n) is 6.06. The summed E-state index contributed by atoms with van der Waals surface area (Å²) in [6, 6.07) is 0.991. The molecule has 31 heavy (non-hydrogen) atoms. The monoisotopic (exact) mass is 429 g/mol. The van der Waals surface area contributed by atoms with Crippen LogP contribution in [-0.2, 0) is 9.53 Å². The third-order valence-corrected chi connectivity index (χ3v) is 6.06. The van der Waals surface area contributed by atoms with Gasteiger partial charge in [-0.05, 0) is 31.2 Å². The van der Waals surface area contributed by atoms with Crippen LogP contribution in [0.5, 0.6) is 0 Å². The van der Waals surface area contributed by atoms with Crippen LogP contribution in [0, 0.1) is 17.0 Å². The van der Waals surface area contributed by atoms with E-state index in [0.29, 0.717) is 23.2 Å². The number of ether oxygens (including phenoxy) is 1. The molecule has 0 aromatic carbocycles. The molecule has 1 saturated carbocycles. The van der Waals surface area contributed by atoms with E-state index in [9.17, 15) is 13.6 Å². The van der Waals surface area contributed by atoms with Crippen LogP contribution in [0.1, 0.15) is 46.0 Å². The highest BCUT2D eigenvalue weighted by Crippen LogP contribution is 2.43. The first-order valence-electron chi connectivity index (χ1n) is 10.5. The largest absolute Gasteiger partial charge is 0.466 e. The lowest BCUT2D eigenvalue weighted by molar-refractivity contribution is -0.144. The van der Waals surface area contributed by atoms with Gasteiger partial charge in [-0.1, -0.05) is 19.8 Å². The van der Waals surface area contributed by atoms with Gasteiger partial charge in [0.2, 0.25) is 0 Å². The molecule has 3 aromatic rings. The van der Waals surface area contributed by atoms with Crippen molar-refractivity contribution in [3.63, 3.8) is 0 Å². The van der Waals surface area contributed by atoms with E-state index in [1.807, 2.05) is 0 Å². The molecule has 0 radical (unpaired) electrons. The zero-order valence-corrected chi connectivity index (χ0v) is 17.5. The van der Waals surface area contributed by atoms with Crippen LogP contribution in [0.3, 0.4) is 0 Å². The molecule has 0 spiro atoms. The van der Waals surface area contributed by atoms with Gasteiger partial charge in [0.25, 0.3) is 0 Å². The number of pyridine rings is 1. The number of hydrogen-bond donors (Lipinski definition) is 2. The Morgan fingerprint density at radius 3 is 2.81 bits per heavy atom. The number of carbonyl (C=O) groups excluding carboxylic acids is 1. The summed E-state index contributed by atoms with van der Waals surface area (Å²) in [7, 11) is 0. The summed E-state index contributed by atoms with van der Waals surface area (Å²) in [5, 5.41) is 3.66. The van der Waals surface area contributed by atoms with Crippen molar-refractivity contribution >= 4 is 22.8 Å². The molecule has 1 fully saturated rings. The molecule has 1 unspecified atom stereocenters. The molecule has 0 amide bonds. The number of aromatic nitrogens is 4. The quantitative estimate of drug-likeness (QED) is 0.533. The van der Waals surface area contributed by atoms with Crippen molar-refractivity contribution in [1.82, 2.24) is 19.9 Å². The molecule has 9 heteroatoms. The molecule has 1 atom stereocenters. The van der Waals surface area contributed by atoms with Crippen LogP contribution in [0.15, 0.2) is 24.7 Å². The average molecular weight is 429 g/mol. The van der Waals surface area contributed by atoms with Crippen LogP contribution in [0.4, 0.5) is 14.6 Å². The van der Waals surface area contributed by atoms with Crippen molar-refractivity contribution in [3.8, 4) is 11.4 Å². The number of H-pyrrole nitrogens is 1. The minimum absolute atomic E-state index is 0.00568. The van der Waals surface area contributed by atoms with Gasteiger partial charge in [0, 0.05) is 23.2 Å². The van der Waals surface area contributed by atoms with Crippen LogP contribution >= 0.6 is 0 Å². The Morgan fingerprint density at radius 1 is 1.29 bits per heavy atom. The summed E-state index contributed by atoms with van der Waals surface area (Å²) in [5.41, 5.74) is 0.814. The minimum Gasteiger partial charge on any atom is -0.466 e. The standard InChI is InChI=1S/C22H25F2N5O2/c1-3-31-18(30)9-17(22(2)6-4-5-7-22)28-21-16(24)12-27-20(29-21)15-11-26-19-14(15)8-13(23)10-25-19/h8,10-12,17H,3-7,9H2,1-2H3,(H,25,26)(H,27,28,29). The number of esters is 1. The van der Waals surface area contributed by atoms with Crippen molar-refractivity contribution in [2.45, 2.75) is 52.0 Å². The first-order valence-corrected chi connectivity index (χ1v) is 10.5. The third kappa shape index (κ3) is 4.35. The number of rotatable bonds is 7. The fourth-order valence-corrected chi connectivity index (χ4v) is 4.32. The molecular formula is C22H25F2N5O2.